The summed E-state index contributed by atoms with van der Waals surface area (Å²) in [6.07, 6.45) is 0. The second-order valence-electron chi connectivity index (χ2n) is 4.05. The zero-order valence-electron chi connectivity index (χ0n) is 8.72. The van der Waals surface area contributed by atoms with Gasteiger partial charge in [-0.15, -0.1) is 0 Å². The quantitative estimate of drug-likeness (QED) is 0.606. The summed E-state index contributed by atoms with van der Waals surface area (Å²) < 4.78 is 0. The van der Waals surface area contributed by atoms with Crippen molar-refractivity contribution >= 4 is 5.97 Å². The average Bonchev–Trinajstić information content (AvgIpc) is 1.98. The summed E-state index contributed by atoms with van der Waals surface area (Å²) in [4.78, 5) is 18.9. The summed E-state index contributed by atoms with van der Waals surface area (Å²) in [5, 5.41) is 7.42. The molecule has 1 N–H and O–H groups in total. The summed E-state index contributed by atoms with van der Waals surface area (Å²) in [7, 11) is 0. The van der Waals surface area contributed by atoms with E-state index in [9.17, 15) is 0 Å². The Bertz CT molecular complexity index is 178. The normalized spacial score (nSPS) is 40.1. The topological polar surface area (TPSA) is 50.3 Å². The molecule has 4 saturated heterocycles. The summed E-state index contributed by atoms with van der Waals surface area (Å²) in [5.74, 6) is -0.833. The van der Waals surface area contributed by atoms with Gasteiger partial charge in [-0.2, -0.15) is 0 Å². The third-order valence-electron chi connectivity index (χ3n) is 2.40. The third-order valence-corrected chi connectivity index (χ3v) is 2.40. The summed E-state index contributed by atoms with van der Waals surface area (Å²) in [6.45, 7) is 8.21. The molecule has 0 aliphatic carbocycles. The molecule has 0 aromatic heterocycles. The minimum absolute atomic E-state index is 0. The van der Waals surface area contributed by atoms with Gasteiger partial charge < -0.3 is 5.11 Å². The van der Waals surface area contributed by atoms with Crippen LogP contribution in [0, 0.1) is 0 Å². The molecule has 4 fully saturated rings. The number of hydrogen-bond acceptors (Lipinski definition) is 5. The molecule has 0 amide bonds. The molecule has 4 aliphatic heterocycles. The first-order valence-electron chi connectivity index (χ1n) is 4.72. The zero-order chi connectivity index (χ0) is 10.1. The Morgan fingerprint density at radius 1 is 0.867 bits per heavy atom. The van der Waals surface area contributed by atoms with Crippen LogP contribution >= 0.6 is 0 Å². The van der Waals surface area contributed by atoms with Gasteiger partial charge in [0, 0.05) is 23.7 Å². The van der Waals surface area contributed by atoms with Gasteiger partial charge >= 0.3 is 0 Å². The largest absolute Gasteiger partial charge is 0.481 e. The Kier molecular flexibility index (Phi) is 4.50. The van der Waals surface area contributed by atoms with E-state index in [1.807, 2.05) is 0 Å². The molecule has 4 aliphatic rings. The Morgan fingerprint density at radius 3 is 1.13 bits per heavy atom. The molecule has 89 valence electrons. The Hall–Kier alpha value is -0.184. The van der Waals surface area contributed by atoms with E-state index in [1.165, 1.54) is 40.0 Å². The van der Waals surface area contributed by atoms with E-state index >= 15 is 0 Å². The first-order chi connectivity index (χ1) is 6.63. The third kappa shape index (κ3) is 3.40. The first kappa shape index (κ1) is 12.9. The van der Waals surface area contributed by atoms with E-state index in [4.69, 9.17) is 9.90 Å². The van der Waals surface area contributed by atoms with Gasteiger partial charge in [0.2, 0.25) is 0 Å². The molecule has 4 bridgehead atoms. The van der Waals surface area contributed by atoms with Gasteiger partial charge in [-0.1, -0.05) is 0 Å². The molecule has 0 unspecified atom stereocenters. The Morgan fingerprint density at radius 2 is 1.00 bits per heavy atom. The van der Waals surface area contributed by atoms with Crippen LogP contribution in [0.25, 0.3) is 0 Å². The van der Waals surface area contributed by atoms with Crippen molar-refractivity contribution in [1.82, 2.24) is 19.6 Å². The zero-order valence-corrected chi connectivity index (χ0v) is 9.76. The second-order valence-corrected chi connectivity index (χ2v) is 4.05. The number of carboxylic acid groups (broad SMARTS) is 1. The number of rotatable bonds is 0. The van der Waals surface area contributed by atoms with Gasteiger partial charge in [-0.3, -0.25) is 24.4 Å². The number of nitrogens with zero attached hydrogens (tertiary/aromatic N) is 4. The smallest absolute Gasteiger partial charge is 0.300 e. The molecule has 0 atom stereocenters. The van der Waals surface area contributed by atoms with Crippen molar-refractivity contribution in [2.75, 3.05) is 40.0 Å². The minimum atomic E-state index is -0.833. The van der Waals surface area contributed by atoms with E-state index in [1.54, 1.807) is 0 Å². The van der Waals surface area contributed by atoms with Crippen molar-refractivity contribution in [2.24, 2.45) is 0 Å². The molecule has 0 saturated carbocycles. The van der Waals surface area contributed by atoms with Crippen molar-refractivity contribution in [3.63, 3.8) is 0 Å². The number of carboxylic acids is 1. The van der Waals surface area contributed by atoms with Crippen molar-refractivity contribution in [3.05, 3.63) is 0 Å². The van der Waals surface area contributed by atoms with Crippen LogP contribution in [0.1, 0.15) is 6.92 Å². The van der Waals surface area contributed by atoms with Gasteiger partial charge in [0.05, 0.1) is 40.0 Å². The van der Waals surface area contributed by atoms with E-state index in [2.05, 4.69) is 19.6 Å². The van der Waals surface area contributed by atoms with E-state index in [0.717, 1.165) is 6.92 Å². The molecule has 4 rings (SSSR count). The van der Waals surface area contributed by atoms with Gasteiger partial charge in [-0.25, -0.2) is 0 Å². The van der Waals surface area contributed by atoms with Gasteiger partial charge in [0.25, 0.3) is 5.97 Å². The number of carbonyl (C=O) groups is 1. The van der Waals surface area contributed by atoms with Gasteiger partial charge in [0.15, 0.2) is 0 Å². The summed E-state index contributed by atoms with van der Waals surface area (Å²) >= 11 is 0. The van der Waals surface area contributed by atoms with Crippen LogP contribution in [0.5, 0.6) is 0 Å². The van der Waals surface area contributed by atoms with E-state index in [0.29, 0.717) is 0 Å². The van der Waals surface area contributed by atoms with E-state index in [-0.39, 0.29) is 16.8 Å². The number of aliphatic carboxylic acids is 1. The predicted octanol–water partition coefficient (Wildman–Crippen LogP) is -0.931. The van der Waals surface area contributed by atoms with Crippen LogP contribution < -0.4 is 0 Å². The maximum Gasteiger partial charge on any atom is 0.300 e. The Labute approximate surface area is 99.6 Å². The van der Waals surface area contributed by atoms with Crippen LogP contribution in [-0.2, 0) is 21.6 Å². The van der Waals surface area contributed by atoms with Crippen LogP contribution in [0.4, 0.5) is 0 Å². The Balaban J connectivity index is 0.000000200. The predicted molar refractivity (Wildman–Crippen MR) is 49.9 cm³/mol. The molecule has 0 aromatic rings. The van der Waals surface area contributed by atoms with Crippen molar-refractivity contribution in [2.45, 2.75) is 6.92 Å². The van der Waals surface area contributed by atoms with E-state index < -0.39 is 5.97 Å². The molecule has 15 heavy (non-hydrogen) atoms. The number of hydrogen-bond donors (Lipinski definition) is 1. The summed E-state index contributed by atoms with van der Waals surface area (Å²) in [5.41, 5.74) is 0. The molecule has 0 aromatic carbocycles. The van der Waals surface area contributed by atoms with Crippen LogP contribution in [0.3, 0.4) is 0 Å². The maximum atomic E-state index is 9.00. The molecule has 4 heterocycles. The monoisotopic (exact) mass is 259 g/mol. The first-order valence-corrected chi connectivity index (χ1v) is 4.72. The fraction of sp³-hybridized carbons (Fsp3) is 0.875. The molecule has 7 heteroatoms. The average molecular weight is 259 g/mol. The molecule has 6 nitrogen and oxygen atoms in total. The van der Waals surface area contributed by atoms with Crippen molar-refractivity contribution in [3.8, 4) is 0 Å². The van der Waals surface area contributed by atoms with Crippen molar-refractivity contribution in [1.29, 1.82) is 0 Å². The molecular weight excluding hydrogens is 243 g/mol. The molecular formula is C8H16CoN4O2. The van der Waals surface area contributed by atoms with Crippen LogP contribution in [0.2, 0.25) is 0 Å². The second kappa shape index (κ2) is 5.24. The van der Waals surface area contributed by atoms with Crippen LogP contribution in [-0.4, -0.2) is 70.7 Å². The summed E-state index contributed by atoms with van der Waals surface area (Å²) in [6, 6.07) is 0. The van der Waals surface area contributed by atoms with Crippen molar-refractivity contribution < 1.29 is 26.7 Å². The van der Waals surface area contributed by atoms with Gasteiger partial charge in [0.1, 0.15) is 0 Å². The molecule has 0 spiro atoms. The molecule has 1 radical (unpaired) electrons. The van der Waals surface area contributed by atoms with Crippen LogP contribution in [0.15, 0.2) is 0 Å². The fourth-order valence-electron chi connectivity index (χ4n) is 2.23. The maximum absolute atomic E-state index is 9.00. The standard InChI is InChI=1S/C6H12N4.C2H4O2.Co/c1-7-2-9-4-8(1)5-10(3-7)6-9;1-2(3)4;/h1-6H2;1H3,(H,3,4);. The SMILES string of the molecule is C1N2CN3CN1CN(C2)C3.CC(=O)O.[Co]. The fourth-order valence-corrected chi connectivity index (χ4v) is 2.23. The van der Waals surface area contributed by atoms with Gasteiger partial charge in [-0.05, 0) is 0 Å². The minimum Gasteiger partial charge on any atom is -0.481 e.